The van der Waals surface area contributed by atoms with Crippen LogP contribution in [-0.2, 0) is 11.3 Å². The molecule has 0 unspecified atom stereocenters. The van der Waals surface area contributed by atoms with Crippen molar-refractivity contribution in [2.75, 3.05) is 7.11 Å². The number of aromatic nitrogens is 1. The van der Waals surface area contributed by atoms with Crippen LogP contribution in [0.5, 0.6) is 0 Å². The van der Waals surface area contributed by atoms with Crippen LogP contribution in [0.25, 0.3) is 11.0 Å². The van der Waals surface area contributed by atoms with Crippen molar-refractivity contribution in [3.05, 3.63) is 110 Å². The van der Waals surface area contributed by atoms with Crippen molar-refractivity contribution in [1.29, 1.82) is 0 Å². The largest absolute Gasteiger partial charge is 0.465 e. The van der Waals surface area contributed by atoms with E-state index in [1.807, 2.05) is 6.07 Å². The third-order valence-corrected chi connectivity index (χ3v) is 5.89. The molecule has 2 aromatic heterocycles. The zero-order valence-electron chi connectivity index (χ0n) is 17.4. The van der Waals surface area contributed by atoms with Crippen molar-refractivity contribution in [3.8, 4) is 0 Å². The molecule has 5 rings (SSSR count). The Hall–Kier alpha value is -3.97. The third kappa shape index (κ3) is 3.56. The first-order valence-corrected chi connectivity index (χ1v) is 10.5. The second-order valence-electron chi connectivity index (χ2n) is 7.62. The van der Waals surface area contributed by atoms with Gasteiger partial charge in [-0.2, -0.15) is 0 Å². The van der Waals surface area contributed by atoms with Crippen LogP contribution in [0, 0.1) is 0 Å². The lowest BCUT2D eigenvalue weighted by Crippen LogP contribution is -2.29. The number of carbonyl (C=O) groups excluding carboxylic acids is 2. The molecular weight excluding hydrogens is 444 g/mol. The molecule has 0 N–H and O–H groups in total. The van der Waals surface area contributed by atoms with Crippen LogP contribution in [0.15, 0.2) is 76.2 Å². The zero-order valence-corrected chi connectivity index (χ0v) is 18.2. The highest BCUT2D eigenvalue weighted by Gasteiger charge is 2.42. The van der Waals surface area contributed by atoms with E-state index in [2.05, 4.69) is 4.98 Å². The number of fused-ring (bicyclic) bond motifs is 2. The maximum Gasteiger partial charge on any atom is 0.337 e. The Bertz CT molecular complexity index is 1450. The van der Waals surface area contributed by atoms with Crippen molar-refractivity contribution < 1.29 is 18.7 Å². The van der Waals surface area contributed by atoms with Gasteiger partial charge in [0.15, 0.2) is 5.43 Å². The predicted octanol–water partition coefficient (Wildman–Crippen LogP) is 4.37. The number of hydrogen-bond donors (Lipinski definition) is 0. The van der Waals surface area contributed by atoms with Gasteiger partial charge in [0.25, 0.3) is 5.91 Å². The zero-order chi connectivity index (χ0) is 23.1. The van der Waals surface area contributed by atoms with Crippen LogP contribution < -0.4 is 5.43 Å². The molecule has 1 amide bonds. The Morgan fingerprint density at radius 3 is 2.64 bits per heavy atom. The molecule has 8 heteroatoms. The highest BCUT2D eigenvalue weighted by molar-refractivity contribution is 6.31. The molecule has 1 aliphatic heterocycles. The first-order chi connectivity index (χ1) is 16.0. The number of rotatable bonds is 4. The molecule has 4 aromatic rings. The third-order valence-electron chi connectivity index (χ3n) is 5.65. The minimum absolute atomic E-state index is 0.000701. The molecule has 3 heterocycles. The number of amides is 1. The van der Waals surface area contributed by atoms with E-state index < -0.39 is 17.9 Å². The van der Waals surface area contributed by atoms with E-state index in [0.29, 0.717) is 27.1 Å². The Labute approximate surface area is 193 Å². The molecule has 0 radical (unpaired) electrons. The van der Waals surface area contributed by atoms with Crippen LogP contribution in [0.4, 0.5) is 0 Å². The van der Waals surface area contributed by atoms with Gasteiger partial charge in [-0.25, -0.2) is 4.79 Å². The molecule has 164 valence electrons. The van der Waals surface area contributed by atoms with Crippen LogP contribution in [0.2, 0.25) is 5.02 Å². The summed E-state index contributed by atoms with van der Waals surface area (Å²) >= 11 is 6.11. The van der Waals surface area contributed by atoms with E-state index in [0.717, 1.165) is 5.56 Å². The van der Waals surface area contributed by atoms with Gasteiger partial charge in [-0.3, -0.25) is 14.6 Å². The topological polar surface area (TPSA) is 89.7 Å². The standard InChI is InChI=1S/C25H17ClN2O5/c1-32-25(31)16-6-4-15(5-7-16)21-20-22(29)18-11-17(26)8-9-19(18)33-23(20)24(30)28(21)13-14-3-2-10-27-12-14/h2-12,21H,13H2,1H3/t21-/m1/s1. The normalized spacial score (nSPS) is 15.0. The summed E-state index contributed by atoms with van der Waals surface area (Å²) in [6, 6.07) is 14.3. The van der Waals surface area contributed by atoms with Gasteiger partial charge < -0.3 is 14.1 Å². The maximum atomic E-state index is 13.5. The van der Waals surface area contributed by atoms with Crippen LogP contribution >= 0.6 is 11.6 Å². The molecular formula is C25H17ClN2O5. The number of ether oxygens (including phenoxy) is 1. The molecule has 1 atom stereocenters. The van der Waals surface area contributed by atoms with Crippen LogP contribution in [-0.4, -0.2) is 28.9 Å². The van der Waals surface area contributed by atoms with Crippen molar-refractivity contribution in [1.82, 2.24) is 9.88 Å². The van der Waals surface area contributed by atoms with E-state index in [4.69, 9.17) is 20.8 Å². The molecule has 33 heavy (non-hydrogen) atoms. The van der Waals surface area contributed by atoms with Gasteiger partial charge in [0, 0.05) is 24.0 Å². The predicted molar refractivity (Wildman–Crippen MR) is 121 cm³/mol. The second kappa shape index (κ2) is 8.18. The van der Waals surface area contributed by atoms with Crippen LogP contribution in [0.3, 0.4) is 0 Å². The smallest absolute Gasteiger partial charge is 0.337 e. The van der Waals surface area contributed by atoms with E-state index in [-0.39, 0.29) is 23.3 Å². The van der Waals surface area contributed by atoms with Gasteiger partial charge in [-0.1, -0.05) is 29.8 Å². The number of hydrogen-bond acceptors (Lipinski definition) is 6. The summed E-state index contributed by atoms with van der Waals surface area (Å²) in [4.78, 5) is 44.5. The second-order valence-corrected chi connectivity index (χ2v) is 8.06. The fourth-order valence-electron chi connectivity index (χ4n) is 4.11. The summed E-state index contributed by atoms with van der Waals surface area (Å²) in [7, 11) is 1.30. The molecule has 0 fully saturated rings. The number of methoxy groups -OCH3 is 1. The lowest BCUT2D eigenvalue weighted by atomic mass is 9.97. The lowest BCUT2D eigenvalue weighted by Gasteiger charge is -2.25. The van der Waals surface area contributed by atoms with Gasteiger partial charge in [0.05, 0.1) is 29.7 Å². The average Bonchev–Trinajstić information content (AvgIpc) is 3.11. The summed E-state index contributed by atoms with van der Waals surface area (Å²) in [6.07, 6.45) is 3.31. The van der Waals surface area contributed by atoms with E-state index in [1.54, 1.807) is 59.8 Å². The Kier molecular flexibility index (Phi) is 5.18. The summed E-state index contributed by atoms with van der Waals surface area (Å²) in [5.41, 5.74) is 2.03. The minimum atomic E-state index is -0.709. The number of benzene rings is 2. The van der Waals surface area contributed by atoms with Crippen molar-refractivity contribution in [2.24, 2.45) is 0 Å². The van der Waals surface area contributed by atoms with Gasteiger partial charge in [-0.15, -0.1) is 0 Å². The van der Waals surface area contributed by atoms with E-state index in [9.17, 15) is 14.4 Å². The molecule has 2 aromatic carbocycles. The molecule has 7 nitrogen and oxygen atoms in total. The monoisotopic (exact) mass is 460 g/mol. The van der Waals surface area contributed by atoms with Gasteiger partial charge in [0.1, 0.15) is 5.58 Å². The first-order valence-electron chi connectivity index (χ1n) is 10.1. The van der Waals surface area contributed by atoms with Crippen LogP contribution in [0.1, 0.15) is 43.6 Å². The summed E-state index contributed by atoms with van der Waals surface area (Å²) in [6.45, 7) is 0.219. The summed E-state index contributed by atoms with van der Waals surface area (Å²) in [5.74, 6) is -0.873. The molecule has 0 bridgehead atoms. The fraction of sp³-hybridized carbons (Fsp3) is 0.120. The van der Waals surface area contributed by atoms with Gasteiger partial charge in [-0.05, 0) is 47.5 Å². The molecule has 1 aliphatic rings. The number of nitrogens with zero attached hydrogens (tertiary/aromatic N) is 2. The highest BCUT2D eigenvalue weighted by atomic mass is 35.5. The van der Waals surface area contributed by atoms with Gasteiger partial charge >= 0.3 is 5.97 Å². The van der Waals surface area contributed by atoms with E-state index >= 15 is 0 Å². The number of esters is 1. The molecule has 0 spiro atoms. The fourth-order valence-corrected chi connectivity index (χ4v) is 4.28. The SMILES string of the molecule is COC(=O)c1ccc([C@@H]2c3c(oc4ccc(Cl)cc4c3=O)C(=O)N2Cc2cccnc2)cc1. The average molecular weight is 461 g/mol. The summed E-state index contributed by atoms with van der Waals surface area (Å²) < 4.78 is 10.7. The Morgan fingerprint density at radius 1 is 1.15 bits per heavy atom. The quantitative estimate of drug-likeness (QED) is 0.420. The van der Waals surface area contributed by atoms with Gasteiger partial charge in [0.2, 0.25) is 5.76 Å². The first kappa shape index (κ1) is 20.9. The molecule has 0 saturated heterocycles. The van der Waals surface area contributed by atoms with Crippen molar-refractivity contribution in [3.63, 3.8) is 0 Å². The molecule has 0 aliphatic carbocycles. The number of halogens is 1. The van der Waals surface area contributed by atoms with Crippen molar-refractivity contribution >= 4 is 34.4 Å². The number of carbonyl (C=O) groups is 2. The lowest BCUT2D eigenvalue weighted by molar-refractivity contribution is 0.0599. The minimum Gasteiger partial charge on any atom is -0.465 e. The Morgan fingerprint density at radius 2 is 1.94 bits per heavy atom. The maximum absolute atomic E-state index is 13.5. The molecule has 0 saturated carbocycles. The van der Waals surface area contributed by atoms with E-state index in [1.165, 1.54) is 13.2 Å². The number of pyridine rings is 1. The summed E-state index contributed by atoms with van der Waals surface area (Å²) in [5, 5.41) is 0.693. The van der Waals surface area contributed by atoms with Crippen molar-refractivity contribution in [2.45, 2.75) is 12.6 Å². The Balaban J connectivity index is 1.70. The highest BCUT2D eigenvalue weighted by Crippen LogP contribution is 2.39.